The van der Waals surface area contributed by atoms with Crippen LogP contribution in [0.4, 0.5) is 0 Å². The molecule has 0 saturated carbocycles. The van der Waals surface area contributed by atoms with Crippen LogP contribution in [-0.2, 0) is 9.53 Å². The van der Waals surface area contributed by atoms with Crippen LogP contribution in [-0.4, -0.2) is 36.7 Å². The second kappa shape index (κ2) is 7.53. The third-order valence-corrected chi connectivity index (χ3v) is 2.83. The number of aliphatic carboxylic acids is 1. The molecule has 1 aromatic carbocycles. The van der Waals surface area contributed by atoms with Crippen LogP contribution in [0.25, 0.3) is 0 Å². The Hall–Kier alpha value is -1.88. The zero-order valence-electron chi connectivity index (χ0n) is 11.2. The first-order valence-electron chi connectivity index (χ1n) is 6.14. The van der Waals surface area contributed by atoms with Crippen molar-refractivity contribution in [2.24, 2.45) is 0 Å². The number of carboxylic acids is 1. The minimum Gasteiger partial charge on any atom is -0.480 e. The van der Waals surface area contributed by atoms with Crippen LogP contribution in [0.3, 0.4) is 0 Å². The van der Waals surface area contributed by atoms with Crippen molar-refractivity contribution in [2.45, 2.75) is 25.8 Å². The fraction of sp³-hybridized carbons (Fsp3) is 0.429. The number of hydrogen-bond donors (Lipinski definition) is 2. The maximum absolute atomic E-state index is 12.0. The lowest BCUT2D eigenvalue weighted by Crippen LogP contribution is -2.41. The molecule has 5 nitrogen and oxygen atoms in total. The van der Waals surface area contributed by atoms with Gasteiger partial charge in [-0.3, -0.25) is 4.79 Å². The molecule has 0 spiro atoms. The van der Waals surface area contributed by atoms with Gasteiger partial charge in [0, 0.05) is 19.3 Å². The maximum Gasteiger partial charge on any atom is 0.326 e. The van der Waals surface area contributed by atoms with Crippen LogP contribution in [0.1, 0.15) is 28.8 Å². The molecule has 2 N–H and O–H groups in total. The minimum atomic E-state index is -1.03. The molecule has 1 amide bonds. The number of carbonyl (C=O) groups excluding carboxylic acids is 1. The second-order valence-corrected chi connectivity index (χ2v) is 4.31. The van der Waals surface area contributed by atoms with Crippen LogP contribution in [0.15, 0.2) is 24.3 Å². The zero-order chi connectivity index (χ0) is 14.3. The topological polar surface area (TPSA) is 75.6 Å². The van der Waals surface area contributed by atoms with Gasteiger partial charge < -0.3 is 15.2 Å². The number of aryl methyl sites for hydroxylation is 1. The Morgan fingerprint density at radius 1 is 1.37 bits per heavy atom. The monoisotopic (exact) mass is 265 g/mol. The number of amides is 1. The van der Waals surface area contributed by atoms with E-state index in [4.69, 9.17) is 9.84 Å². The quantitative estimate of drug-likeness (QED) is 0.734. The Bertz CT molecular complexity index is 445. The Morgan fingerprint density at radius 2 is 2.05 bits per heavy atom. The molecule has 19 heavy (non-hydrogen) atoms. The highest BCUT2D eigenvalue weighted by Crippen LogP contribution is 2.08. The Labute approximate surface area is 112 Å². The van der Waals surface area contributed by atoms with E-state index in [2.05, 4.69) is 5.32 Å². The summed E-state index contributed by atoms with van der Waals surface area (Å²) in [6.07, 6.45) is 0.933. The van der Waals surface area contributed by atoms with Crippen molar-refractivity contribution in [3.63, 3.8) is 0 Å². The van der Waals surface area contributed by atoms with Gasteiger partial charge in [-0.2, -0.15) is 0 Å². The van der Waals surface area contributed by atoms with Crippen molar-refractivity contribution in [1.29, 1.82) is 0 Å². The summed E-state index contributed by atoms with van der Waals surface area (Å²) in [6, 6.07) is 6.19. The molecule has 0 aliphatic carbocycles. The van der Waals surface area contributed by atoms with Gasteiger partial charge in [-0.25, -0.2) is 4.79 Å². The van der Waals surface area contributed by atoms with E-state index in [0.717, 1.165) is 5.56 Å². The van der Waals surface area contributed by atoms with Gasteiger partial charge in [-0.1, -0.05) is 18.2 Å². The number of benzene rings is 1. The number of carboxylic acid groups (broad SMARTS) is 1. The maximum atomic E-state index is 12.0. The van der Waals surface area contributed by atoms with Crippen LogP contribution in [0.2, 0.25) is 0 Å². The lowest BCUT2D eigenvalue weighted by atomic mass is 10.1. The third kappa shape index (κ3) is 4.71. The van der Waals surface area contributed by atoms with E-state index in [1.807, 2.05) is 19.1 Å². The SMILES string of the molecule is COCCCC(NC(=O)c1ccccc1C)C(=O)O. The summed E-state index contributed by atoms with van der Waals surface area (Å²) < 4.78 is 4.88. The van der Waals surface area contributed by atoms with E-state index in [1.165, 1.54) is 0 Å². The summed E-state index contributed by atoms with van der Waals surface area (Å²) in [7, 11) is 1.56. The van der Waals surface area contributed by atoms with Gasteiger partial charge in [-0.15, -0.1) is 0 Å². The molecule has 0 heterocycles. The summed E-state index contributed by atoms with van der Waals surface area (Å²) in [4.78, 5) is 23.1. The highest BCUT2D eigenvalue weighted by Gasteiger charge is 2.20. The first-order valence-corrected chi connectivity index (χ1v) is 6.14. The van der Waals surface area contributed by atoms with Gasteiger partial charge in [0.1, 0.15) is 6.04 Å². The molecule has 0 fully saturated rings. The Morgan fingerprint density at radius 3 is 2.63 bits per heavy atom. The van der Waals surface area contributed by atoms with E-state index < -0.39 is 12.0 Å². The molecule has 1 rings (SSSR count). The van der Waals surface area contributed by atoms with Crippen LogP contribution in [0, 0.1) is 6.92 Å². The van der Waals surface area contributed by atoms with Gasteiger partial charge in [0.25, 0.3) is 5.91 Å². The first kappa shape index (κ1) is 15.2. The lowest BCUT2D eigenvalue weighted by molar-refractivity contribution is -0.139. The molecule has 0 aromatic heterocycles. The first-order chi connectivity index (χ1) is 9.06. The molecule has 0 radical (unpaired) electrons. The molecule has 104 valence electrons. The number of nitrogens with one attached hydrogen (secondary N) is 1. The van der Waals surface area contributed by atoms with Gasteiger partial charge in [0.05, 0.1) is 0 Å². The zero-order valence-corrected chi connectivity index (χ0v) is 11.2. The van der Waals surface area contributed by atoms with Crippen LogP contribution >= 0.6 is 0 Å². The molecule has 1 unspecified atom stereocenters. The summed E-state index contributed by atoms with van der Waals surface area (Å²) in [5.74, 6) is -1.39. The number of carbonyl (C=O) groups is 2. The number of hydrogen-bond acceptors (Lipinski definition) is 3. The van der Waals surface area contributed by atoms with Crippen molar-refractivity contribution >= 4 is 11.9 Å². The van der Waals surface area contributed by atoms with Crippen molar-refractivity contribution in [3.8, 4) is 0 Å². The Kier molecular flexibility index (Phi) is 6.02. The molecule has 0 saturated heterocycles. The molecule has 0 bridgehead atoms. The second-order valence-electron chi connectivity index (χ2n) is 4.31. The van der Waals surface area contributed by atoms with E-state index in [-0.39, 0.29) is 5.91 Å². The number of rotatable bonds is 7. The van der Waals surface area contributed by atoms with Gasteiger partial charge in [0.15, 0.2) is 0 Å². The summed E-state index contributed by atoms with van der Waals surface area (Å²) in [5, 5.41) is 11.6. The molecule has 5 heteroatoms. The van der Waals surface area contributed by atoms with E-state index >= 15 is 0 Å². The molecule has 1 atom stereocenters. The highest BCUT2D eigenvalue weighted by atomic mass is 16.5. The predicted octanol–water partition coefficient (Wildman–Crippen LogP) is 1.60. The normalized spacial score (nSPS) is 11.9. The summed E-state index contributed by atoms with van der Waals surface area (Å²) in [5.41, 5.74) is 1.32. The van der Waals surface area contributed by atoms with Crippen molar-refractivity contribution < 1.29 is 19.4 Å². The average molecular weight is 265 g/mol. The van der Waals surface area contributed by atoms with Crippen molar-refractivity contribution in [3.05, 3.63) is 35.4 Å². The Balaban J connectivity index is 2.66. The molecular formula is C14H19NO4. The summed E-state index contributed by atoms with van der Waals surface area (Å²) >= 11 is 0. The average Bonchev–Trinajstić information content (AvgIpc) is 2.38. The minimum absolute atomic E-state index is 0.348. The largest absolute Gasteiger partial charge is 0.480 e. The number of methoxy groups -OCH3 is 1. The van der Waals surface area contributed by atoms with Crippen molar-refractivity contribution in [2.75, 3.05) is 13.7 Å². The third-order valence-electron chi connectivity index (χ3n) is 2.83. The van der Waals surface area contributed by atoms with Gasteiger partial charge in [-0.05, 0) is 31.4 Å². The fourth-order valence-electron chi connectivity index (χ4n) is 1.75. The molecular weight excluding hydrogens is 246 g/mol. The van der Waals surface area contributed by atoms with E-state index in [0.29, 0.717) is 25.0 Å². The molecule has 1 aromatic rings. The van der Waals surface area contributed by atoms with Crippen molar-refractivity contribution in [1.82, 2.24) is 5.32 Å². The number of ether oxygens (including phenoxy) is 1. The summed E-state index contributed by atoms with van der Waals surface area (Å²) in [6.45, 7) is 2.29. The predicted molar refractivity (Wildman–Crippen MR) is 71.2 cm³/mol. The van der Waals surface area contributed by atoms with Gasteiger partial charge in [0.2, 0.25) is 0 Å². The van der Waals surface area contributed by atoms with Crippen LogP contribution in [0.5, 0.6) is 0 Å². The smallest absolute Gasteiger partial charge is 0.326 e. The fourth-order valence-corrected chi connectivity index (χ4v) is 1.75. The van der Waals surface area contributed by atoms with Crippen LogP contribution < -0.4 is 5.32 Å². The van der Waals surface area contributed by atoms with E-state index in [1.54, 1.807) is 19.2 Å². The highest BCUT2D eigenvalue weighted by molar-refractivity contribution is 5.97. The molecule has 0 aliphatic heterocycles. The lowest BCUT2D eigenvalue weighted by Gasteiger charge is -2.15. The standard InChI is InChI=1S/C14H19NO4/c1-10-6-3-4-7-11(10)13(16)15-12(14(17)18)8-5-9-19-2/h3-4,6-7,12H,5,8-9H2,1-2H3,(H,15,16)(H,17,18). The molecule has 0 aliphatic rings. The van der Waals surface area contributed by atoms with E-state index in [9.17, 15) is 9.59 Å². The van der Waals surface area contributed by atoms with Gasteiger partial charge >= 0.3 is 5.97 Å².